The van der Waals surface area contributed by atoms with Crippen molar-refractivity contribution >= 4 is 17.0 Å². The molecule has 1 amide bonds. The molecule has 1 atom stereocenters. The average Bonchev–Trinajstić information content (AvgIpc) is 3.25. The van der Waals surface area contributed by atoms with Gasteiger partial charge >= 0.3 is 5.69 Å². The minimum atomic E-state index is -0.351. The van der Waals surface area contributed by atoms with Crippen molar-refractivity contribution in [2.75, 3.05) is 13.1 Å². The molecule has 8 heteroatoms. The van der Waals surface area contributed by atoms with Crippen molar-refractivity contribution in [1.82, 2.24) is 25.1 Å². The molecule has 1 saturated heterocycles. The third-order valence-corrected chi connectivity index (χ3v) is 4.56. The molecule has 3 heterocycles. The van der Waals surface area contributed by atoms with Crippen LogP contribution in [-0.2, 0) is 11.2 Å². The van der Waals surface area contributed by atoms with Crippen molar-refractivity contribution in [3.63, 3.8) is 0 Å². The van der Waals surface area contributed by atoms with Crippen molar-refractivity contribution in [3.8, 4) is 0 Å². The molecule has 4 rings (SSSR count). The van der Waals surface area contributed by atoms with E-state index < -0.39 is 0 Å². The lowest BCUT2D eigenvalue weighted by Gasteiger charge is -2.31. The van der Waals surface area contributed by atoms with Gasteiger partial charge in [-0.3, -0.25) is 9.78 Å². The second-order valence-corrected chi connectivity index (χ2v) is 6.32. The van der Waals surface area contributed by atoms with Gasteiger partial charge in [0.05, 0.1) is 5.92 Å². The molecule has 130 valence electrons. The van der Waals surface area contributed by atoms with Crippen LogP contribution < -0.4 is 5.69 Å². The Morgan fingerprint density at radius 3 is 3.04 bits per heavy atom. The first kappa shape index (κ1) is 15.6. The third-order valence-electron chi connectivity index (χ3n) is 4.56. The van der Waals surface area contributed by atoms with Crippen molar-refractivity contribution in [1.29, 1.82) is 0 Å². The molecule has 1 aliphatic rings. The van der Waals surface area contributed by atoms with E-state index >= 15 is 0 Å². The summed E-state index contributed by atoms with van der Waals surface area (Å²) < 4.78 is 5.86. The second-order valence-electron chi connectivity index (χ2n) is 6.32. The minimum Gasteiger partial charge on any atom is -0.440 e. The fraction of sp³-hybridized carbons (Fsp3) is 0.412. The van der Waals surface area contributed by atoms with E-state index in [0.29, 0.717) is 31.1 Å². The van der Waals surface area contributed by atoms with Gasteiger partial charge < -0.3 is 9.32 Å². The number of carbonyl (C=O) groups excluding carboxylic acids is 1. The van der Waals surface area contributed by atoms with Crippen LogP contribution in [0.2, 0.25) is 0 Å². The van der Waals surface area contributed by atoms with Crippen LogP contribution in [0.15, 0.2) is 33.5 Å². The highest BCUT2D eigenvalue weighted by Crippen LogP contribution is 2.29. The molecular weight excluding hydrogens is 322 g/mol. The van der Waals surface area contributed by atoms with Gasteiger partial charge in [-0.15, -0.1) is 0 Å². The number of likely N-dealkylation sites (tertiary alicyclic amines) is 1. The summed E-state index contributed by atoms with van der Waals surface area (Å²) in [7, 11) is 0. The maximum absolute atomic E-state index is 12.5. The monoisotopic (exact) mass is 341 g/mol. The zero-order valence-corrected chi connectivity index (χ0v) is 13.7. The van der Waals surface area contributed by atoms with Gasteiger partial charge in [0, 0.05) is 25.9 Å². The molecule has 0 bridgehead atoms. The standard InChI is InChI=1S/C17H19N5O3/c23-15(8-7-14-19-17(24)21-20-14)22-9-3-4-11(10-22)16-18-12-5-1-2-6-13(12)25-16/h1-2,5-6,11H,3-4,7-10H2,(H2,19,20,21,24). The first-order valence-corrected chi connectivity index (χ1v) is 8.46. The van der Waals surface area contributed by atoms with Crippen LogP contribution in [0.5, 0.6) is 0 Å². The Hall–Kier alpha value is -2.90. The number of para-hydroxylation sites is 2. The van der Waals surface area contributed by atoms with E-state index in [9.17, 15) is 9.59 Å². The van der Waals surface area contributed by atoms with Gasteiger partial charge in [0.2, 0.25) is 5.91 Å². The normalized spacial score (nSPS) is 17.9. The summed E-state index contributed by atoms with van der Waals surface area (Å²) in [5, 5.41) is 6.14. The fourth-order valence-electron chi connectivity index (χ4n) is 3.28. The van der Waals surface area contributed by atoms with E-state index in [0.717, 1.165) is 30.5 Å². The lowest BCUT2D eigenvalue weighted by molar-refractivity contribution is -0.132. The number of rotatable bonds is 4. The Morgan fingerprint density at radius 2 is 2.24 bits per heavy atom. The molecule has 1 aliphatic heterocycles. The summed E-state index contributed by atoms with van der Waals surface area (Å²) in [4.78, 5) is 32.5. The lowest BCUT2D eigenvalue weighted by atomic mass is 9.97. The predicted octanol–water partition coefficient (Wildman–Crippen LogP) is 1.58. The number of benzene rings is 1. The topological polar surface area (TPSA) is 108 Å². The SMILES string of the molecule is O=C(CCc1n[nH]c(=O)[nH]1)N1CCCC(c2nc3ccccc3o2)C1. The number of aromatic amines is 2. The van der Waals surface area contributed by atoms with Crippen molar-refractivity contribution in [3.05, 3.63) is 46.5 Å². The zero-order chi connectivity index (χ0) is 17.2. The Kier molecular flexibility index (Phi) is 4.09. The highest BCUT2D eigenvalue weighted by Gasteiger charge is 2.28. The lowest BCUT2D eigenvalue weighted by Crippen LogP contribution is -2.39. The van der Waals surface area contributed by atoms with Gasteiger partial charge in [0.25, 0.3) is 0 Å². The molecule has 0 aliphatic carbocycles. The van der Waals surface area contributed by atoms with Crippen molar-refractivity contribution in [2.24, 2.45) is 0 Å². The number of piperidine rings is 1. The number of nitrogens with zero attached hydrogens (tertiary/aromatic N) is 3. The number of aromatic nitrogens is 4. The molecule has 0 radical (unpaired) electrons. The molecule has 3 aromatic rings. The third kappa shape index (κ3) is 3.33. The Labute approximate surface area is 143 Å². The summed E-state index contributed by atoms with van der Waals surface area (Å²) in [5.74, 6) is 1.39. The molecule has 0 spiro atoms. The van der Waals surface area contributed by atoms with E-state index in [-0.39, 0.29) is 17.5 Å². The Balaban J connectivity index is 1.41. The molecule has 1 unspecified atom stereocenters. The largest absolute Gasteiger partial charge is 0.440 e. The zero-order valence-electron chi connectivity index (χ0n) is 13.7. The Morgan fingerprint density at radius 1 is 1.36 bits per heavy atom. The second kappa shape index (κ2) is 6.54. The molecule has 0 saturated carbocycles. The molecule has 1 fully saturated rings. The summed E-state index contributed by atoms with van der Waals surface area (Å²) >= 11 is 0. The number of H-pyrrole nitrogens is 2. The average molecular weight is 341 g/mol. The molecular formula is C17H19N5O3. The van der Waals surface area contributed by atoms with Crippen LogP contribution in [0.4, 0.5) is 0 Å². The molecule has 25 heavy (non-hydrogen) atoms. The van der Waals surface area contributed by atoms with Crippen LogP contribution >= 0.6 is 0 Å². The number of fused-ring (bicyclic) bond motifs is 1. The first-order chi connectivity index (χ1) is 12.2. The number of amides is 1. The number of nitrogens with one attached hydrogen (secondary N) is 2. The van der Waals surface area contributed by atoms with Crippen molar-refractivity contribution in [2.45, 2.75) is 31.6 Å². The van der Waals surface area contributed by atoms with Gasteiger partial charge in [-0.1, -0.05) is 12.1 Å². The maximum atomic E-state index is 12.5. The van der Waals surface area contributed by atoms with Crippen LogP contribution in [-0.4, -0.2) is 44.1 Å². The van der Waals surface area contributed by atoms with Gasteiger partial charge in [-0.25, -0.2) is 14.9 Å². The van der Waals surface area contributed by atoms with E-state index in [1.54, 1.807) is 0 Å². The minimum absolute atomic E-state index is 0.0599. The number of aryl methyl sites for hydroxylation is 1. The summed E-state index contributed by atoms with van der Waals surface area (Å²) in [5.41, 5.74) is 1.28. The van der Waals surface area contributed by atoms with Crippen LogP contribution in [0.25, 0.3) is 11.1 Å². The molecule has 1 aromatic carbocycles. The van der Waals surface area contributed by atoms with E-state index in [1.807, 2.05) is 29.2 Å². The van der Waals surface area contributed by atoms with Crippen LogP contribution in [0.3, 0.4) is 0 Å². The van der Waals surface area contributed by atoms with E-state index in [4.69, 9.17) is 4.42 Å². The quantitative estimate of drug-likeness (QED) is 0.749. The van der Waals surface area contributed by atoms with Crippen LogP contribution in [0.1, 0.15) is 36.9 Å². The fourth-order valence-corrected chi connectivity index (χ4v) is 3.28. The number of oxazole rings is 1. The molecule has 2 aromatic heterocycles. The Bertz CT molecular complexity index is 908. The molecule has 8 nitrogen and oxygen atoms in total. The number of hydrogen-bond donors (Lipinski definition) is 2. The van der Waals surface area contributed by atoms with Gasteiger partial charge in [-0.05, 0) is 25.0 Å². The first-order valence-electron chi connectivity index (χ1n) is 8.46. The van der Waals surface area contributed by atoms with Crippen LogP contribution in [0, 0.1) is 0 Å². The number of hydrogen-bond acceptors (Lipinski definition) is 5. The predicted molar refractivity (Wildman–Crippen MR) is 90.1 cm³/mol. The van der Waals surface area contributed by atoms with E-state index in [2.05, 4.69) is 20.2 Å². The summed E-state index contributed by atoms with van der Waals surface area (Å²) in [6, 6.07) is 7.69. The van der Waals surface area contributed by atoms with Crippen molar-refractivity contribution < 1.29 is 9.21 Å². The van der Waals surface area contributed by atoms with Gasteiger partial charge in [0.15, 0.2) is 11.5 Å². The van der Waals surface area contributed by atoms with E-state index in [1.165, 1.54) is 0 Å². The maximum Gasteiger partial charge on any atom is 0.340 e. The highest BCUT2D eigenvalue weighted by molar-refractivity contribution is 5.76. The molecule has 2 N–H and O–H groups in total. The van der Waals surface area contributed by atoms with Gasteiger partial charge in [0.1, 0.15) is 11.3 Å². The smallest absolute Gasteiger partial charge is 0.340 e. The highest BCUT2D eigenvalue weighted by atomic mass is 16.3. The summed E-state index contributed by atoms with van der Waals surface area (Å²) in [6.07, 6.45) is 2.63. The summed E-state index contributed by atoms with van der Waals surface area (Å²) in [6.45, 7) is 1.36. The van der Waals surface area contributed by atoms with Gasteiger partial charge in [-0.2, -0.15) is 5.10 Å². The number of carbonyl (C=O) groups is 1.